The maximum absolute atomic E-state index is 12.4. The molecule has 7 nitrogen and oxygen atoms in total. The summed E-state index contributed by atoms with van der Waals surface area (Å²) >= 11 is 0. The maximum atomic E-state index is 12.4. The molecule has 8 heteroatoms. The number of carbonyl (C=O) groups excluding carboxylic acids is 2. The number of aromatic nitrogens is 2. The Morgan fingerprint density at radius 2 is 2.00 bits per heavy atom. The number of H-pyrrole nitrogens is 1. The summed E-state index contributed by atoms with van der Waals surface area (Å²) in [5, 5.41) is 14.1. The van der Waals surface area contributed by atoms with Crippen molar-refractivity contribution in [2.24, 2.45) is 0 Å². The van der Waals surface area contributed by atoms with Crippen molar-refractivity contribution in [3.63, 3.8) is 0 Å². The molecule has 0 spiro atoms. The van der Waals surface area contributed by atoms with Crippen LogP contribution in [0.4, 0.5) is 0 Å². The van der Waals surface area contributed by atoms with Gasteiger partial charge in [0.15, 0.2) is 5.69 Å². The molecule has 2 atom stereocenters. The van der Waals surface area contributed by atoms with Crippen LogP contribution in [0.5, 0.6) is 0 Å². The van der Waals surface area contributed by atoms with Crippen LogP contribution in [0.1, 0.15) is 36.2 Å². The Morgan fingerprint density at radius 1 is 1.19 bits per heavy atom. The van der Waals surface area contributed by atoms with Crippen LogP contribution in [0, 0.1) is 0 Å². The fourth-order valence-corrected chi connectivity index (χ4v) is 3.83. The Hall–Kier alpha value is -2.12. The second-order valence-corrected chi connectivity index (χ2v) is 6.89. The number of amides is 2. The van der Waals surface area contributed by atoms with Gasteiger partial charge in [0.05, 0.1) is 5.52 Å². The third kappa shape index (κ3) is 3.83. The van der Waals surface area contributed by atoms with Gasteiger partial charge in [0, 0.05) is 43.5 Å². The van der Waals surface area contributed by atoms with E-state index in [1.54, 1.807) is 0 Å². The van der Waals surface area contributed by atoms with Crippen molar-refractivity contribution < 1.29 is 9.59 Å². The van der Waals surface area contributed by atoms with E-state index in [-0.39, 0.29) is 24.2 Å². The Balaban J connectivity index is 0.00000196. The molecule has 2 bridgehead atoms. The minimum atomic E-state index is -0.248. The van der Waals surface area contributed by atoms with Gasteiger partial charge in [-0.2, -0.15) is 5.10 Å². The molecule has 3 N–H and O–H groups in total. The first-order chi connectivity index (χ1) is 12.2. The van der Waals surface area contributed by atoms with Crippen molar-refractivity contribution in [3.8, 4) is 0 Å². The van der Waals surface area contributed by atoms with Gasteiger partial charge in [-0.3, -0.25) is 14.7 Å². The Labute approximate surface area is 158 Å². The number of nitrogens with zero attached hydrogens (tertiary/aromatic N) is 2. The number of rotatable bonds is 4. The van der Waals surface area contributed by atoms with E-state index in [9.17, 15) is 9.59 Å². The lowest BCUT2D eigenvalue weighted by Crippen LogP contribution is -2.40. The molecule has 26 heavy (non-hydrogen) atoms. The molecule has 140 valence electrons. The van der Waals surface area contributed by atoms with Crippen molar-refractivity contribution >= 4 is 35.1 Å². The van der Waals surface area contributed by atoms with Gasteiger partial charge in [0.25, 0.3) is 5.91 Å². The Morgan fingerprint density at radius 3 is 2.88 bits per heavy atom. The first-order valence-electron chi connectivity index (χ1n) is 8.96. The minimum Gasteiger partial charge on any atom is -0.350 e. The summed E-state index contributed by atoms with van der Waals surface area (Å²) in [6.45, 7) is 1.93. The van der Waals surface area contributed by atoms with Crippen LogP contribution < -0.4 is 10.6 Å². The molecule has 2 aliphatic rings. The number of fused-ring (bicyclic) bond motifs is 3. The number of likely N-dealkylation sites (tertiary alicyclic amines) is 1. The standard InChI is InChI=1S/C18H23N5O2.ClH/c24-16(23-10-8-12-5-6-13(11-23)20-12)7-9-19-18(25)17-14-3-1-2-4-15(14)21-22-17;/h1-4,12-13,20H,5-11H2,(H,19,25)(H,21,22);1H. The van der Waals surface area contributed by atoms with Crippen LogP contribution in [-0.4, -0.2) is 58.6 Å². The van der Waals surface area contributed by atoms with Gasteiger partial charge in [0.1, 0.15) is 0 Å². The summed E-state index contributed by atoms with van der Waals surface area (Å²) in [5.41, 5.74) is 1.20. The first kappa shape index (κ1) is 18.7. The summed E-state index contributed by atoms with van der Waals surface area (Å²) in [5.74, 6) is -0.136. The molecule has 1 aromatic carbocycles. The van der Waals surface area contributed by atoms with Gasteiger partial charge in [-0.25, -0.2) is 0 Å². The van der Waals surface area contributed by atoms with Crippen LogP contribution in [0.25, 0.3) is 10.9 Å². The average Bonchev–Trinajstić information content (AvgIpc) is 3.17. The Bertz CT molecular complexity index is 793. The van der Waals surface area contributed by atoms with Crippen molar-refractivity contribution in [1.29, 1.82) is 0 Å². The molecule has 2 aromatic rings. The van der Waals surface area contributed by atoms with Crippen LogP contribution in [0.2, 0.25) is 0 Å². The SMILES string of the molecule is Cl.O=C(NCCC(=O)N1CCC2CCC(C1)N2)c1n[nH]c2ccccc12. The molecule has 2 fully saturated rings. The molecule has 2 saturated heterocycles. The molecule has 0 aliphatic carbocycles. The van der Waals surface area contributed by atoms with Crippen LogP contribution in [-0.2, 0) is 4.79 Å². The predicted molar refractivity (Wildman–Crippen MR) is 101 cm³/mol. The van der Waals surface area contributed by atoms with E-state index in [1.165, 1.54) is 6.42 Å². The van der Waals surface area contributed by atoms with Crippen molar-refractivity contribution in [1.82, 2.24) is 25.7 Å². The van der Waals surface area contributed by atoms with E-state index in [2.05, 4.69) is 20.8 Å². The molecule has 0 radical (unpaired) electrons. The quantitative estimate of drug-likeness (QED) is 0.752. The number of halogens is 1. The smallest absolute Gasteiger partial charge is 0.272 e. The zero-order valence-corrected chi connectivity index (χ0v) is 15.3. The second-order valence-electron chi connectivity index (χ2n) is 6.89. The lowest BCUT2D eigenvalue weighted by Gasteiger charge is -2.24. The van der Waals surface area contributed by atoms with Crippen molar-refractivity contribution in [2.75, 3.05) is 19.6 Å². The predicted octanol–water partition coefficient (Wildman–Crippen LogP) is 1.46. The van der Waals surface area contributed by atoms with E-state index < -0.39 is 0 Å². The van der Waals surface area contributed by atoms with Crippen molar-refractivity contribution in [3.05, 3.63) is 30.0 Å². The Kier molecular flexibility index (Phi) is 5.78. The van der Waals surface area contributed by atoms with Gasteiger partial charge < -0.3 is 15.5 Å². The summed E-state index contributed by atoms with van der Waals surface area (Å²) in [6.07, 6.45) is 3.72. The maximum Gasteiger partial charge on any atom is 0.272 e. The van der Waals surface area contributed by atoms with Gasteiger partial charge in [-0.1, -0.05) is 18.2 Å². The zero-order valence-electron chi connectivity index (χ0n) is 14.5. The normalized spacial score (nSPS) is 21.9. The fourth-order valence-electron chi connectivity index (χ4n) is 3.83. The monoisotopic (exact) mass is 377 g/mol. The van der Waals surface area contributed by atoms with Gasteiger partial charge in [-0.05, 0) is 25.3 Å². The molecular weight excluding hydrogens is 354 g/mol. The summed E-state index contributed by atoms with van der Waals surface area (Å²) < 4.78 is 0. The highest BCUT2D eigenvalue weighted by Gasteiger charge is 2.30. The zero-order chi connectivity index (χ0) is 17.2. The van der Waals surface area contributed by atoms with E-state index in [0.717, 1.165) is 36.8 Å². The number of nitrogens with one attached hydrogen (secondary N) is 3. The first-order valence-corrected chi connectivity index (χ1v) is 8.96. The van der Waals surface area contributed by atoms with Crippen molar-refractivity contribution in [2.45, 2.75) is 37.8 Å². The largest absolute Gasteiger partial charge is 0.350 e. The number of carbonyl (C=O) groups is 2. The van der Waals surface area contributed by atoms with Crippen LogP contribution in [0.3, 0.4) is 0 Å². The number of hydrogen-bond acceptors (Lipinski definition) is 4. The third-order valence-electron chi connectivity index (χ3n) is 5.19. The van der Waals surface area contributed by atoms with Crippen LogP contribution in [0.15, 0.2) is 24.3 Å². The molecule has 1 aromatic heterocycles. The number of benzene rings is 1. The molecule has 2 amide bonds. The van der Waals surface area contributed by atoms with Gasteiger partial charge in [0.2, 0.25) is 5.91 Å². The number of para-hydroxylation sites is 1. The second kappa shape index (κ2) is 8.05. The third-order valence-corrected chi connectivity index (χ3v) is 5.19. The molecule has 2 unspecified atom stereocenters. The van der Waals surface area contributed by atoms with Gasteiger partial charge in [-0.15, -0.1) is 12.4 Å². The number of aromatic amines is 1. The average molecular weight is 378 g/mol. The van der Waals surface area contributed by atoms with Crippen LogP contribution >= 0.6 is 12.4 Å². The number of hydrogen-bond donors (Lipinski definition) is 3. The fraction of sp³-hybridized carbons (Fsp3) is 0.500. The highest BCUT2D eigenvalue weighted by molar-refractivity contribution is 6.04. The highest BCUT2D eigenvalue weighted by atomic mass is 35.5. The summed E-state index contributed by atoms with van der Waals surface area (Å²) in [4.78, 5) is 26.7. The molecule has 3 heterocycles. The van der Waals surface area contributed by atoms with E-state index in [0.29, 0.717) is 30.7 Å². The minimum absolute atomic E-state index is 0. The topological polar surface area (TPSA) is 90.1 Å². The summed E-state index contributed by atoms with van der Waals surface area (Å²) in [7, 11) is 0. The van der Waals surface area contributed by atoms with Gasteiger partial charge >= 0.3 is 0 Å². The summed E-state index contributed by atoms with van der Waals surface area (Å²) in [6, 6.07) is 8.50. The molecule has 4 rings (SSSR count). The van der Waals surface area contributed by atoms with E-state index in [4.69, 9.17) is 0 Å². The van der Waals surface area contributed by atoms with E-state index in [1.807, 2.05) is 29.2 Å². The molecule has 2 aliphatic heterocycles. The molecule has 0 saturated carbocycles. The highest BCUT2D eigenvalue weighted by Crippen LogP contribution is 2.20. The lowest BCUT2D eigenvalue weighted by molar-refractivity contribution is -0.131. The molecular formula is C18H24ClN5O2. The van der Waals surface area contributed by atoms with E-state index >= 15 is 0 Å². The lowest BCUT2D eigenvalue weighted by atomic mass is 10.1.